The van der Waals surface area contributed by atoms with E-state index in [1.807, 2.05) is 25.1 Å². The number of nitrogens with one attached hydrogen (secondary N) is 1. The third-order valence-corrected chi connectivity index (χ3v) is 3.82. The Labute approximate surface area is 128 Å². The molecule has 1 aromatic carbocycles. The maximum atomic E-state index is 6.19. The zero-order chi connectivity index (χ0) is 14.8. The largest absolute Gasteiger partial charge is 0.493 e. The first kappa shape index (κ1) is 14.3. The van der Waals surface area contributed by atoms with Gasteiger partial charge in [-0.15, -0.1) is 0 Å². The molecule has 0 amide bonds. The summed E-state index contributed by atoms with van der Waals surface area (Å²) in [5.41, 5.74) is 5.88. The molecule has 21 heavy (non-hydrogen) atoms. The lowest BCUT2D eigenvalue weighted by atomic mass is 10.00. The summed E-state index contributed by atoms with van der Waals surface area (Å²) in [7, 11) is 0. The molecular formula is C15H17ClN4O. The zero-order valence-electron chi connectivity index (χ0n) is 11.8. The van der Waals surface area contributed by atoms with Crippen molar-refractivity contribution >= 4 is 11.6 Å². The number of fused-ring (bicyclic) bond motifs is 1. The Balaban J connectivity index is 1.91. The van der Waals surface area contributed by atoms with Crippen molar-refractivity contribution in [2.24, 2.45) is 5.84 Å². The van der Waals surface area contributed by atoms with E-state index >= 15 is 0 Å². The minimum absolute atomic E-state index is 0.113. The average Bonchev–Trinajstić information content (AvgIpc) is 2.92. The van der Waals surface area contributed by atoms with Gasteiger partial charge in [-0.05, 0) is 42.7 Å². The van der Waals surface area contributed by atoms with Crippen LogP contribution >= 0.6 is 11.6 Å². The van der Waals surface area contributed by atoms with Crippen LogP contribution in [0.5, 0.6) is 5.75 Å². The third-order valence-electron chi connectivity index (χ3n) is 3.61. The highest BCUT2D eigenvalue weighted by atomic mass is 35.5. The number of hydrogen-bond acceptors (Lipinski definition) is 5. The highest BCUT2D eigenvalue weighted by Gasteiger charge is 2.21. The van der Waals surface area contributed by atoms with E-state index in [0.29, 0.717) is 13.0 Å². The van der Waals surface area contributed by atoms with Crippen LogP contribution in [0.1, 0.15) is 28.7 Å². The predicted octanol–water partition coefficient (Wildman–Crippen LogP) is 2.12. The van der Waals surface area contributed by atoms with Crippen molar-refractivity contribution in [2.45, 2.75) is 25.8 Å². The minimum Gasteiger partial charge on any atom is -0.493 e. The molecule has 3 rings (SSSR count). The normalized spacial score (nSPS) is 14.6. The van der Waals surface area contributed by atoms with Gasteiger partial charge in [-0.1, -0.05) is 11.6 Å². The van der Waals surface area contributed by atoms with Crippen LogP contribution in [-0.4, -0.2) is 16.6 Å². The SMILES string of the molecule is Cc1nccc(C(Cc2cc(Cl)cc3c2OCC3)NN)n1. The molecule has 6 heteroatoms. The first-order valence-corrected chi connectivity index (χ1v) is 7.25. The number of hydrogen-bond donors (Lipinski definition) is 2. The van der Waals surface area contributed by atoms with Crippen LogP contribution in [0.3, 0.4) is 0 Å². The smallest absolute Gasteiger partial charge is 0.125 e. The quantitative estimate of drug-likeness (QED) is 0.668. The van der Waals surface area contributed by atoms with Crippen molar-refractivity contribution in [1.29, 1.82) is 0 Å². The second kappa shape index (κ2) is 5.97. The van der Waals surface area contributed by atoms with E-state index < -0.39 is 0 Å². The van der Waals surface area contributed by atoms with E-state index in [-0.39, 0.29) is 6.04 Å². The van der Waals surface area contributed by atoms with Crippen LogP contribution in [0.2, 0.25) is 5.02 Å². The highest BCUT2D eigenvalue weighted by molar-refractivity contribution is 6.30. The Morgan fingerprint density at radius 2 is 2.33 bits per heavy atom. The van der Waals surface area contributed by atoms with Crippen LogP contribution in [0.15, 0.2) is 24.4 Å². The molecule has 3 N–H and O–H groups in total. The standard InChI is InChI=1S/C15H17ClN4O/c1-9-18-4-2-13(19-9)14(20-17)8-11-7-12(16)6-10-3-5-21-15(10)11/h2,4,6-7,14,20H,3,5,8,17H2,1H3. The van der Waals surface area contributed by atoms with E-state index in [0.717, 1.165) is 39.8 Å². The summed E-state index contributed by atoms with van der Waals surface area (Å²) in [6.07, 6.45) is 3.30. The summed E-state index contributed by atoms with van der Waals surface area (Å²) in [4.78, 5) is 8.54. The molecule has 1 atom stereocenters. The molecule has 0 saturated heterocycles. The number of aryl methyl sites for hydroxylation is 1. The van der Waals surface area contributed by atoms with Gasteiger partial charge in [-0.3, -0.25) is 11.3 Å². The monoisotopic (exact) mass is 304 g/mol. The molecule has 110 valence electrons. The van der Waals surface area contributed by atoms with Crippen LogP contribution in [0.25, 0.3) is 0 Å². The van der Waals surface area contributed by atoms with Crippen molar-refractivity contribution < 1.29 is 4.74 Å². The van der Waals surface area contributed by atoms with E-state index in [9.17, 15) is 0 Å². The number of aromatic nitrogens is 2. The molecular weight excluding hydrogens is 288 g/mol. The lowest BCUT2D eigenvalue weighted by Crippen LogP contribution is -2.30. The van der Waals surface area contributed by atoms with Gasteiger partial charge in [0.1, 0.15) is 11.6 Å². The Morgan fingerprint density at radius 3 is 3.10 bits per heavy atom. The summed E-state index contributed by atoms with van der Waals surface area (Å²) in [5, 5.41) is 0.726. The van der Waals surface area contributed by atoms with E-state index in [1.54, 1.807) is 6.20 Å². The topological polar surface area (TPSA) is 73.1 Å². The van der Waals surface area contributed by atoms with Crippen molar-refractivity contribution in [2.75, 3.05) is 6.61 Å². The maximum absolute atomic E-state index is 6.19. The molecule has 5 nitrogen and oxygen atoms in total. The van der Waals surface area contributed by atoms with Crippen molar-refractivity contribution in [3.63, 3.8) is 0 Å². The third kappa shape index (κ3) is 3.00. The Hall–Kier alpha value is -1.69. The first-order valence-electron chi connectivity index (χ1n) is 6.87. The van der Waals surface area contributed by atoms with Gasteiger partial charge in [0.2, 0.25) is 0 Å². The summed E-state index contributed by atoms with van der Waals surface area (Å²) < 4.78 is 5.73. The van der Waals surface area contributed by atoms with Crippen molar-refractivity contribution in [3.8, 4) is 5.75 Å². The molecule has 2 heterocycles. The summed E-state index contributed by atoms with van der Waals surface area (Å²) in [6, 6.07) is 5.65. The van der Waals surface area contributed by atoms with Gasteiger partial charge in [0.15, 0.2) is 0 Å². The molecule has 1 aliphatic heterocycles. The fourth-order valence-corrected chi connectivity index (χ4v) is 2.90. The van der Waals surface area contributed by atoms with Crippen LogP contribution < -0.4 is 16.0 Å². The van der Waals surface area contributed by atoms with Gasteiger partial charge >= 0.3 is 0 Å². The Morgan fingerprint density at radius 1 is 1.48 bits per heavy atom. The molecule has 0 aliphatic carbocycles. The Bertz CT molecular complexity index is 662. The molecule has 0 fully saturated rings. The van der Waals surface area contributed by atoms with Gasteiger partial charge < -0.3 is 4.74 Å². The fraction of sp³-hybridized carbons (Fsp3) is 0.333. The number of hydrazine groups is 1. The maximum Gasteiger partial charge on any atom is 0.125 e. The van der Waals surface area contributed by atoms with Crippen LogP contribution in [0, 0.1) is 6.92 Å². The lowest BCUT2D eigenvalue weighted by Gasteiger charge is -2.17. The molecule has 0 spiro atoms. The van der Waals surface area contributed by atoms with E-state index in [2.05, 4.69) is 15.4 Å². The van der Waals surface area contributed by atoms with Gasteiger partial charge in [-0.25, -0.2) is 9.97 Å². The molecule has 1 aromatic heterocycles. The first-order chi connectivity index (χ1) is 10.2. The van der Waals surface area contributed by atoms with Crippen molar-refractivity contribution in [1.82, 2.24) is 15.4 Å². The van der Waals surface area contributed by atoms with Gasteiger partial charge in [0, 0.05) is 17.6 Å². The summed E-state index contributed by atoms with van der Waals surface area (Å²) in [6.45, 7) is 2.56. The second-order valence-corrected chi connectivity index (χ2v) is 5.54. The average molecular weight is 305 g/mol. The molecule has 1 unspecified atom stereocenters. The zero-order valence-corrected chi connectivity index (χ0v) is 12.5. The molecule has 2 aromatic rings. The number of ether oxygens (including phenoxy) is 1. The molecule has 0 radical (unpaired) electrons. The Kier molecular flexibility index (Phi) is 4.05. The number of rotatable bonds is 4. The molecule has 0 saturated carbocycles. The van der Waals surface area contributed by atoms with E-state index in [1.165, 1.54) is 0 Å². The van der Waals surface area contributed by atoms with E-state index in [4.69, 9.17) is 22.2 Å². The fourth-order valence-electron chi connectivity index (χ4n) is 2.63. The number of halogens is 1. The predicted molar refractivity (Wildman–Crippen MR) is 81.2 cm³/mol. The second-order valence-electron chi connectivity index (χ2n) is 5.10. The van der Waals surface area contributed by atoms with Gasteiger partial charge in [0.25, 0.3) is 0 Å². The number of nitrogens with zero attached hydrogens (tertiary/aromatic N) is 2. The van der Waals surface area contributed by atoms with Gasteiger partial charge in [0.05, 0.1) is 18.3 Å². The van der Waals surface area contributed by atoms with Crippen LogP contribution in [-0.2, 0) is 12.8 Å². The minimum atomic E-state index is -0.113. The van der Waals surface area contributed by atoms with Crippen LogP contribution in [0.4, 0.5) is 0 Å². The number of benzene rings is 1. The summed E-state index contributed by atoms with van der Waals surface area (Å²) in [5.74, 6) is 7.36. The lowest BCUT2D eigenvalue weighted by molar-refractivity contribution is 0.351. The molecule has 1 aliphatic rings. The van der Waals surface area contributed by atoms with Gasteiger partial charge in [-0.2, -0.15) is 0 Å². The van der Waals surface area contributed by atoms with Crippen molar-refractivity contribution in [3.05, 3.63) is 52.1 Å². The number of nitrogens with two attached hydrogens (primary N) is 1. The molecule has 0 bridgehead atoms. The highest BCUT2D eigenvalue weighted by Crippen LogP contribution is 2.34. The summed E-state index contributed by atoms with van der Waals surface area (Å²) >= 11 is 6.19.